The largest absolute Gasteiger partial charge is 0.491 e. The Morgan fingerprint density at radius 1 is 1.39 bits per heavy atom. The maximum Gasteiger partial charge on any atom is 0.124 e. The standard InChI is InChI=1S/C15H21NO2/c1-11-7-8-12(18-11)10-17-15-6-2-5-14-13(15)4-3-9-16-14/h2,5-6,11-12,16H,3-4,7-10H2,1H3. The molecule has 1 N–H and O–H groups in total. The van der Waals surface area contributed by atoms with Gasteiger partial charge in [0.15, 0.2) is 0 Å². The van der Waals surface area contributed by atoms with Crippen LogP contribution in [0.1, 0.15) is 31.7 Å². The lowest BCUT2D eigenvalue weighted by Gasteiger charge is -2.22. The fourth-order valence-electron chi connectivity index (χ4n) is 2.80. The monoisotopic (exact) mass is 247 g/mol. The fourth-order valence-corrected chi connectivity index (χ4v) is 2.80. The molecule has 3 rings (SSSR count). The second-order valence-corrected chi connectivity index (χ2v) is 5.27. The van der Waals surface area contributed by atoms with Crippen molar-refractivity contribution in [3.63, 3.8) is 0 Å². The van der Waals surface area contributed by atoms with Gasteiger partial charge in [0.1, 0.15) is 12.4 Å². The van der Waals surface area contributed by atoms with Crippen molar-refractivity contribution in [1.82, 2.24) is 0 Å². The van der Waals surface area contributed by atoms with Crippen LogP contribution in [-0.4, -0.2) is 25.4 Å². The van der Waals surface area contributed by atoms with Crippen LogP contribution >= 0.6 is 0 Å². The summed E-state index contributed by atoms with van der Waals surface area (Å²) in [6.07, 6.45) is 5.24. The molecule has 3 heteroatoms. The fraction of sp³-hybridized carbons (Fsp3) is 0.600. The summed E-state index contributed by atoms with van der Waals surface area (Å²) < 4.78 is 11.8. The first-order valence-electron chi connectivity index (χ1n) is 6.97. The molecule has 2 unspecified atom stereocenters. The Balaban J connectivity index is 1.65. The van der Waals surface area contributed by atoms with Crippen LogP contribution in [0.25, 0.3) is 0 Å². The van der Waals surface area contributed by atoms with Crippen molar-refractivity contribution < 1.29 is 9.47 Å². The Morgan fingerprint density at radius 3 is 3.17 bits per heavy atom. The van der Waals surface area contributed by atoms with Gasteiger partial charge in [-0.2, -0.15) is 0 Å². The first kappa shape index (κ1) is 11.8. The highest BCUT2D eigenvalue weighted by Gasteiger charge is 2.23. The molecule has 2 aliphatic rings. The van der Waals surface area contributed by atoms with Crippen molar-refractivity contribution in [2.45, 2.75) is 44.8 Å². The molecule has 0 spiro atoms. The Labute approximate surface area is 108 Å². The minimum Gasteiger partial charge on any atom is -0.491 e. The van der Waals surface area contributed by atoms with E-state index in [1.165, 1.54) is 17.7 Å². The lowest BCUT2D eigenvalue weighted by Crippen LogP contribution is -2.19. The lowest BCUT2D eigenvalue weighted by atomic mass is 10.0. The van der Waals surface area contributed by atoms with E-state index in [9.17, 15) is 0 Å². The average molecular weight is 247 g/mol. The van der Waals surface area contributed by atoms with Gasteiger partial charge in [0.05, 0.1) is 12.2 Å². The number of hydrogen-bond acceptors (Lipinski definition) is 3. The molecule has 0 radical (unpaired) electrons. The van der Waals surface area contributed by atoms with E-state index >= 15 is 0 Å². The predicted octanol–water partition coefficient (Wildman–Crippen LogP) is 2.99. The van der Waals surface area contributed by atoms with E-state index in [0.717, 1.165) is 31.6 Å². The van der Waals surface area contributed by atoms with Crippen molar-refractivity contribution >= 4 is 5.69 Å². The highest BCUT2D eigenvalue weighted by Crippen LogP contribution is 2.31. The molecule has 0 saturated carbocycles. The average Bonchev–Trinajstić information content (AvgIpc) is 2.82. The van der Waals surface area contributed by atoms with E-state index in [1.807, 2.05) is 0 Å². The zero-order chi connectivity index (χ0) is 12.4. The van der Waals surface area contributed by atoms with Crippen molar-refractivity contribution in [2.24, 2.45) is 0 Å². The van der Waals surface area contributed by atoms with Gasteiger partial charge >= 0.3 is 0 Å². The van der Waals surface area contributed by atoms with Gasteiger partial charge in [0.25, 0.3) is 0 Å². The second-order valence-electron chi connectivity index (χ2n) is 5.27. The molecule has 1 fully saturated rings. The molecule has 2 aliphatic heterocycles. The van der Waals surface area contributed by atoms with Gasteiger partial charge < -0.3 is 14.8 Å². The topological polar surface area (TPSA) is 30.5 Å². The first-order chi connectivity index (χ1) is 8.83. The smallest absolute Gasteiger partial charge is 0.124 e. The van der Waals surface area contributed by atoms with E-state index < -0.39 is 0 Å². The van der Waals surface area contributed by atoms with E-state index in [4.69, 9.17) is 9.47 Å². The van der Waals surface area contributed by atoms with Gasteiger partial charge in [-0.25, -0.2) is 0 Å². The van der Waals surface area contributed by atoms with E-state index in [1.54, 1.807) is 0 Å². The van der Waals surface area contributed by atoms with Gasteiger partial charge in [-0.1, -0.05) is 6.07 Å². The van der Waals surface area contributed by atoms with Crippen molar-refractivity contribution in [1.29, 1.82) is 0 Å². The van der Waals surface area contributed by atoms with Crippen LogP contribution in [0.2, 0.25) is 0 Å². The molecule has 98 valence electrons. The summed E-state index contributed by atoms with van der Waals surface area (Å²) >= 11 is 0. The highest BCUT2D eigenvalue weighted by atomic mass is 16.5. The van der Waals surface area contributed by atoms with E-state index in [-0.39, 0.29) is 6.10 Å². The van der Waals surface area contributed by atoms with Crippen molar-refractivity contribution in [2.75, 3.05) is 18.5 Å². The number of benzene rings is 1. The molecule has 1 aromatic rings. The van der Waals surface area contributed by atoms with Crippen molar-refractivity contribution in [3.8, 4) is 5.75 Å². The molecule has 1 aromatic carbocycles. The summed E-state index contributed by atoms with van der Waals surface area (Å²) in [4.78, 5) is 0. The van der Waals surface area contributed by atoms with Crippen LogP contribution in [0.3, 0.4) is 0 Å². The summed E-state index contributed by atoms with van der Waals surface area (Å²) in [5, 5.41) is 3.43. The van der Waals surface area contributed by atoms with Crippen LogP contribution in [-0.2, 0) is 11.2 Å². The molecular weight excluding hydrogens is 226 g/mol. The maximum absolute atomic E-state index is 5.97. The summed E-state index contributed by atoms with van der Waals surface area (Å²) in [5.74, 6) is 1.03. The number of rotatable bonds is 3. The molecule has 0 aliphatic carbocycles. The molecule has 0 aromatic heterocycles. The molecule has 0 bridgehead atoms. The van der Waals surface area contributed by atoms with Gasteiger partial charge in [-0.15, -0.1) is 0 Å². The third-order valence-corrected chi connectivity index (χ3v) is 3.80. The lowest BCUT2D eigenvalue weighted by molar-refractivity contribution is 0.0262. The number of hydrogen-bond donors (Lipinski definition) is 1. The van der Waals surface area contributed by atoms with Crippen LogP contribution in [0, 0.1) is 0 Å². The Hall–Kier alpha value is -1.22. The number of ether oxygens (including phenoxy) is 2. The Morgan fingerprint density at radius 2 is 2.33 bits per heavy atom. The van der Waals surface area contributed by atoms with Gasteiger partial charge in [0.2, 0.25) is 0 Å². The van der Waals surface area contributed by atoms with Crippen LogP contribution < -0.4 is 10.1 Å². The normalized spacial score (nSPS) is 26.5. The minimum atomic E-state index is 0.271. The van der Waals surface area contributed by atoms with Crippen LogP contribution in [0.15, 0.2) is 18.2 Å². The third kappa shape index (κ3) is 2.46. The molecule has 2 atom stereocenters. The number of nitrogens with one attached hydrogen (secondary N) is 1. The van der Waals surface area contributed by atoms with Crippen molar-refractivity contribution in [3.05, 3.63) is 23.8 Å². The van der Waals surface area contributed by atoms with E-state index in [2.05, 4.69) is 30.4 Å². The molecule has 2 heterocycles. The van der Waals surface area contributed by atoms with Gasteiger partial charge in [-0.3, -0.25) is 0 Å². The quantitative estimate of drug-likeness (QED) is 0.890. The number of fused-ring (bicyclic) bond motifs is 1. The van der Waals surface area contributed by atoms with Crippen LogP contribution in [0.4, 0.5) is 5.69 Å². The highest BCUT2D eigenvalue weighted by molar-refractivity contribution is 5.59. The molecule has 18 heavy (non-hydrogen) atoms. The third-order valence-electron chi connectivity index (χ3n) is 3.80. The number of anilines is 1. The minimum absolute atomic E-state index is 0.271. The zero-order valence-electron chi connectivity index (χ0n) is 10.9. The Kier molecular flexibility index (Phi) is 3.41. The SMILES string of the molecule is CC1CCC(COc2cccc3c2CCCN3)O1. The van der Waals surface area contributed by atoms with E-state index in [0.29, 0.717) is 12.7 Å². The Bertz CT molecular complexity index is 419. The first-order valence-corrected chi connectivity index (χ1v) is 6.97. The van der Waals surface area contributed by atoms with Gasteiger partial charge in [-0.05, 0) is 44.7 Å². The molecule has 3 nitrogen and oxygen atoms in total. The maximum atomic E-state index is 5.97. The molecular formula is C15H21NO2. The zero-order valence-corrected chi connectivity index (χ0v) is 10.9. The van der Waals surface area contributed by atoms with Crippen LogP contribution in [0.5, 0.6) is 5.75 Å². The summed E-state index contributed by atoms with van der Waals surface area (Å²) in [5.41, 5.74) is 2.56. The second kappa shape index (κ2) is 5.19. The predicted molar refractivity (Wildman–Crippen MR) is 72.3 cm³/mol. The summed E-state index contributed by atoms with van der Waals surface area (Å²) in [7, 11) is 0. The van der Waals surface area contributed by atoms with Gasteiger partial charge in [0, 0.05) is 17.8 Å². The summed E-state index contributed by atoms with van der Waals surface area (Å²) in [6.45, 7) is 3.88. The summed E-state index contributed by atoms with van der Waals surface area (Å²) in [6, 6.07) is 6.27. The molecule has 0 amide bonds. The molecule has 1 saturated heterocycles.